The Hall–Kier alpha value is -2.64. The van der Waals surface area contributed by atoms with E-state index in [-0.39, 0.29) is 17.6 Å². The van der Waals surface area contributed by atoms with Crippen LogP contribution in [-0.4, -0.2) is 40.4 Å². The highest BCUT2D eigenvalue weighted by molar-refractivity contribution is 7.13. The summed E-state index contributed by atoms with van der Waals surface area (Å²) in [6.45, 7) is 2.02. The molecule has 0 spiro atoms. The molecule has 0 bridgehead atoms. The topological polar surface area (TPSA) is 58.1 Å². The molecule has 0 saturated carbocycles. The van der Waals surface area contributed by atoms with Gasteiger partial charge in [-0.05, 0) is 43.7 Å². The lowest BCUT2D eigenvalue weighted by Crippen LogP contribution is -2.40. The van der Waals surface area contributed by atoms with Gasteiger partial charge in [0.05, 0.1) is 12.2 Å². The van der Waals surface area contributed by atoms with Crippen LogP contribution in [0.3, 0.4) is 0 Å². The Bertz CT molecular complexity index is 947. The first-order valence-corrected chi connectivity index (χ1v) is 10.2. The van der Waals surface area contributed by atoms with Gasteiger partial charge in [0.1, 0.15) is 5.82 Å². The number of nitrogens with zero attached hydrogens (tertiary/aromatic N) is 3. The maximum atomic E-state index is 13.5. The second kappa shape index (κ2) is 8.58. The third-order valence-corrected chi connectivity index (χ3v) is 5.55. The molecule has 1 aromatic carbocycles. The molecule has 1 N–H and O–H groups in total. The Balaban J connectivity index is 1.43. The number of benzene rings is 1. The summed E-state index contributed by atoms with van der Waals surface area (Å²) >= 11 is 1.41. The SMILES string of the molecule is O=C(CN1CCC[C@H](c2cccc(-c3cccc(F)c3)n2)C1)Nc1nccs1. The van der Waals surface area contributed by atoms with Crippen molar-refractivity contribution in [2.75, 3.05) is 25.0 Å². The highest BCUT2D eigenvalue weighted by Gasteiger charge is 2.24. The molecule has 1 aliphatic heterocycles. The smallest absolute Gasteiger partial charge is 0.240 e. The van der Waals surface area contributed by atoms with E-state index < -0.39 is 0 Å². The minimum absolute atomic E-state index is 0.0444. The summed E-state index contributed by atoms with van der Waals surface area (Å²) < 4.78 is 13.5. The fourth-order valence-corrected chi connectivity index (χ4v) is 4.12. The summed E-state index contributed by atoms with van der Waals surface area (Å²) in [4.78, 5) is 23.3. The van der Waals surface area contributed by atoms with Gasteiger partial charge in [-0.2, -0.15) is 0 Å². The van der Waals surface area contributed by atoms with Crippen molar-refractivity contribution >= 4 is 22.4 Å². The molecule has 1 fully saturated rings. The van der Waals surface area contributed by atoms with Crippen LogP contribution in [0.2, 0.25) is 0 Å². The van der Waals surface area contributed by atoms with E-state index in [1.165, 1.54) is 23.5 Å². The third-order valence-electron chi connectivity index (χ3n) is 4.86. The Morgan fingerprint density at radius 3 is 3.00 bits per heavy atom. The van der Waals surface area contributed by atoms with Crippen molar-refractivity contribution in [3.63, 3.8) is 0 Å². The van der Waals surface area contributed by atoms with E-state index in [9.17, 15) is 9.18 Å². The van der Waals surface area contributed by atoms with Crippen LogP contribution in [0.15, 0.2) is 54.0 Å². The molecule has 5 nitrogen and oxygen atoms in total. The highest BCUT2D eigenvalue weighted by Crippen LogP contribution is 2.28. The average molecular weight is 396 g/mol. The van der Waals surface area contributed by atoms with Crippen LogP contribution < -0.4 is 5.32 Å². The normalized spacial score (nSPS) is 17.4. The summed E-state index contributed by atoms with van der Waals surface area (Å²) in [5.74, 6) is -0.0493. The molecule has 7 heteroatoms. The van der Waals surface area contributed by atoms with Gasteiger partial charge in [0, 0.05) is 35.3 Å². The van der Waals surface area contributed by atoms with Gasteiger partial charge in [-0.1, -0.05) is 18.2 Å². The van der Waals surface area contributed by atoms with Crippen molar-refractivity contribution in [3.05, 3.63) is 65.6 Å². The number of piperidine rings is 1. The van der Waals surface area contributed by atoms with E-state index in [4.69, 9.17) is 4.98 Å². The van der Waals surface area contributed by atoms with Gasteiger partial charge >= 0.3 is 0 Å². The molecule has 1 aliphatic rings. The number of anilines is 1. The second-order valence-corrected chi connectivity index (χ2v) is 7.81. The predicted molar refractivity (Wildman–Crippen MR) is 109 cm³/mol. The molecular formula is C21H21FN4OS. The van der Waals surface area contributed by atoms with Gasteiger partial charge in [-0.15, -0.1) is 11.3 Å². The van der Waals surface area contributed by atoms with Gasteiger partial charge in [0.25, 0.3) is 0 Å². The van der Waals surface area contributed by atoms with Crippen molar-refractivity contribution in [3.8, 4) is 11.3 Å². The number of aromatic nitrogens is 2. The van der Waals surface area contributed by atoms with Crippen LogP contribution in [0, 0.1) is 5.82 Å². The van der Waals surface area contributed by atoms with Gasteiger partial charge in [-0.25, -0.2) is 9.37 Å². The molecule has 28 heavy (non-hydrogen) atoms. The quantitative estimate of drug-likeness (QED) is 0.703. The van der Waals surface area contributed by atoms with Gasteiger partial charge in [0.2, 0.25) is 5.91 Å². The van der Waals surface area contributed by atoms with Crippen molar-refractivity contribution in [2.24, 2.45) is 0 Å². The third kappa shape index (κ3) is 4.61. The first-order chi connectivity index (χ1) is 13.7. The van der Waals surface area contributed by atoms with Gasteiger partial charge in [0.15, 0.2) is 5.13 Å². The van der Waals surface area contributed by atoms with E-state index in [0.29, 0.717) is 11.7 Å². The Kier molecular flexibility index (Phi) is 5.73. The Labute approximate surface area is 167 Å². The molecular weight excluding hydrogens is 375 g/mol. The molecule has 0 unspecified atom stereocenters. The number of likely N-dealkylation sites (tertiary alicyclic amines) is 1. The van der Waals surface area contributed by atoms with Crippen molar-refractivity contribution in [1.29, 1.82) is 0 Å². The minimum Gasteiger partial charge on any atom is -0.301 e. The number of halogens is 1. The second-order valence-electron chi connectivity index (χ2n) is 6.92. The van der Waals surface area contributed by atoms with Crippen LogP contribution in [-0.2, 0) is 4.79 Å². The number of pyridine rings is 1. The number of hydrogen-bond acceptors (Lipinski definition) is 5. The molecule has 1 atom stereocenters. The fraction of sp³-hybridized carbons (Fsp3) is 0.286. The summed E-state index contributed by atoms with van der Waals surface area (Å²) in [7, 11) is 0. The van der Waals surface area contributed by atoms with Crippen molar-refractivity contribution < 1.29 is 9.18 Å². The van der Waals surface area contributed by atoms with Crippen LogP contribution in [0.4, 0.5) is 9.52 Å². The van der Waals surface area contributed by atoms with Gasteiger partial charge in [-0.3, -0.25) is 14.7 Å². The molecule has 4 rings (SSSR count). The Morgan fingerprint density at radius 1 is 1.29 bits per heavy atom. The monoisotopic (exact) mass is 396 g/mol. The summed E-state index contributed by atoms with van der Waals surface area (Å²) in [6.07, 6.45) is 3.72. The molecule has 1 saturated heterocycles. The van der Waals surface area contributed by atoms with E-state index in [0.717, 1.165) is 42.9 Å². The number of thiazole rings is 1. The lowest BCUT2D eigenvalue weighted by molar-refractivity contribution is -0.117. The summed E-state index contributed by atoms with van der Waals surface area (Å²) in [6, 6.07) is 12.4. The summed E-state index contributed by atoms with van der Waals surface area (Å²) in [5.41, 5.74) is 2.54. The van der Waals surface area contributed by atoms with E-state index in [1.807, 2.05) is 29.6 Å². The lowest BCUT2D eigenvalue weighted by atomic mass is 9.94. The van der Waals surface area contributed by atoms with Crippen LogP contribution in [0.1, 0.15) is 24.5 Å². The highest BCUT2D eigenvalue weighted by atomic mass is 32.1. The zero-order valence-corrected chi connectivity index (χ0v) is 16.2. The predicted octanol–water partition coefficient (Wildman–Crippen LogP) is 4.16. The van der Waals surface area contributed by atoms with Crippen LogP contribution in [0.5, 0.6) is 0 Å². The standard InChI is InChI=1S/C21H21FN4OS/c22-17-6-1-4-15(12-17)18-7-2-8-19(24-18)16-5-3-10-26(13-16)14-20(27)25-21-23-9-11-28-21/h1-2,4,6-9,11-12,16H,3,5,10,13-14H2,(H,23,25,27)/t16-/m0/s1. The molecule has 0 aliphatic carbocycles. The fourth-order valence-electron chi connectivity index (χ4n) is 3.58. The van der Waals surface area contributed by atoms with Gasteiger partial charge < -0.3 is 5.32 Å². The first-order valence-electron chi connectivity index (χ1n) is 9.32. The number of carbonyl (C=O) groups excluding carboxylic acids is 1. The van der Waals surface area contributed by atoms with E-state index >= 15 is 0 Å². The van der Waals surface area contributed by atoms with Crippen LogP contribution >= 0.6 is 11.3 Å². The minimum atomic E-state index is -0.264. The lowest BCUT2D eigenvalue weighted by Gasteiger charge is -2.32. The number of amides is 1. The van der Waals surface area contributed by atoms with Crippen molar-refractivity contribution in [2.45, 2.75) is 18.8 Å². The largest absolute Gasteiger partial charge is 0.301 e. The average Bonchev–Trinajstić information content (AvgIpc) is 3.21. The molecule has 0 radical (unpaired) electrons. The number of nitrogens with one attached hydrogen (secondary N) is 1. The van der Waals surface area contributed by atoms with E-state index in [2.05, 4.69) is 15.2 Å². The van der Waals surface area contributed by atoms with E-state index in [1.54, 1.807) is 12.3 Å². The zero-order chi connectivity index (χ0) is 19.3. The molecule has 3 heterocycles. The maximum absolute atomic E-state index is 13.5. The maximum Gasteiger partial charge on any atom is 0.240 e. The Morgan fingerprint density at radius 2 is 2.18 bits per heavy atom. The zero-order valence-electron chi connectivity index (χ0n) is 15.3. The molecule has 2 aromatic heterocycles. The number of carbonyl (C=O) groups is 1. The number of hydrogen-bond donors (Lipinski definition) is 1. The van der Waals surface area contributed by atoms with Crippen molar-refractivity contribution in [1.82, 2.24) is 14.9 Å². The molecule has 144 valence electrons. The molecule has 3 aromatic rings. The van der Waals surface area contributed by atoms with Crippen LogP contribution in [0.25, 0.3) is 11.3 Å². The summed E-state index contributed by atoms with van der Waals surface area (Å²) in [5, 5.41) is 5.30. The number of rotatable bonds is 5. The first kappa shape index (κ1) is 18.7. The molecule has 1 amide bonds.